The van der Waals surface area contributed by atoms with E-state index in [1.165, 1.54) is 18.3 Å². The number of carboxylic acids is 1. The summed E-state index contributed by atoms with van der Waals surface area (Å²) in [6, 6.07) is 4.20. The Kier molecular flexibility index (Phi) is 7.06. The maximum Gasteiger partial charge on any atom is 0.300 e. The second-order valence-electron chi connectivity index (χ2n) is 2.95. The Bertz CT molecular complexity index is 469. The Morgan fingerprint density at radius 2 is 2.06 bits per heavy atom. The van der Waals surface area contributed by atoms with Crippen molar-refractivity contribution in [2.24, 2.45) is 21.7 Å². The topological polar surface area (TPSA) is 114 Å². The molecule has 0 radical (unpaired) electrons. The molecule has 0 fully saturated rings. The fraction of sp³-hybridized carbons (Fsp3) is 0.100. The van der Waals surface area contributed by atoms with Crippen LogP contribution in [0.15, 0.2) is 28.4 Å². The van der Waals surface area contributed by atoms with Gasteiger partial charge in [0.05, 0.1) is 6.21 Å². The van der Waals surface area contributed by atoms with Gasteiger partial charge in [-0.2, -0.15) is 5.10 Å². The molecule has 0 saturated heterocycles. The number of nitrogens with zero attached hydrogens (tertiary/aromatic N) is 2. The second kappa shape index (κ2) is 8.02. The molecule has 5 N–H and O–H groups in total. The predicted molar refractivity (Wildman–Crippen MR) is 68.1 cm³/mol. The molecule has 0 bridgehead atoms. The average Bonchev–Trinajstić information content (AvgIpc) is 2.20. The first-order valence-electron chi connectivity index (χ1n) is 4.59. The summed E-state index contributed by atoms with van der Waals surface area (Å²) in [7, 11) is 0. The van der Waals surface area contributed by atoms with Crippen LogP contribution in [0, 0.1) is 5.82 Å². The van der Waals surface area contributed by atoms with Crippen LogP contribution in [0.5, 0.6) is 0 Å². The molecule has 8 heteroatoms. The van der Waals surface area contributed by atoms with Crippen LogP contribution in [0.2, 0.25) is 5.02 Å². The zero-order valence-electron chi connectivity index (χ0n) is 9.47. The zero-order chi connectivity index (χ0) is 14.1. The fourth-order valence-electron chi connectivity index (χ4n) is 0.764. The molecule has 98 valence electrons. The molecule has 0 saturated carbocycles. The molecule has 6 nitrogen and oxygen atoms in total. The van der Waals surface area contributed by atoms with E-state index in [-0.39, 0.29) is 11.5 Å². The number of halogens is 2. The van der Waals surface area contributed by atoms with Gasteiger partial charge in [-0.15, -0.1) is 5.10 Å². The number of benzene rings is 1. The molecular formula is C10H12ClFN4O2. The highest BCUT2D eigenvalue weighted by atomic mass is 35.5. The molecule has 0 aliphatic rings. The average molecular weight is 275 g/mol. The summed E-state index contributed by atoms with van der Waals surface area (Å²) in [4.78, 5) is 9.00. The van der Waals surface area contributed by atoms with Crippen LogP contribution in [0.25, 0.3) is 0 Å². The van der Waals surface area contributed by atoms with Crippen LogP contribution in [0.1, 0.15) is 12.5 Å². The lowest BCUT2D eigenvalue weighted by atomic mass is 10.2. The number of aliphatic carboxylic acids is 1. The van der Waals surface area contributed by atoms with Crippen LogP contribution < -0.4 is 11.5 Å². The number of hydrogen-bond donors (Lipinski definition) is 3. The third-order valence-electron chi connectivity index (χ3n) is 1.33. The van der Waals surface area contributed by atoms with Crippen LogP contribution >= 0.6 is 11.6 Å². The minimum Gasteiger partial charge on any atom is -0.481 e. The molecule has 1 aromatic carbocycles. The minimum atomic E-state index is -0.833. The Morgan fingerprint density at radius 1 is 1.50 bits per heavy atom. The van der Waals surface area contributed by atoms with Crippen molar-refractivity contribution in [2.45, 2.75) is 6.92 Å². The molecule has 0 heterocycles. The van der Waals surface area contributed by atoms with Crippen molar-refractivity contribution >= 4 is 29.7 Å². The van der Waals surface area contributed by atoms with E-state index in [1.807, 2.05) is 0 Å². The summed E-state index contributed by atoms with van der Waals surface area (Å²) in [5.74, 6) is -1.50. The molecule has 0 unspecified atom stereocenters. The van der Waals surface area contributed by atoms with Crippen LogP contribution in [0.4, 0.5) is 4.39 Å². The number of rotatable bonds is 2. The summed E-state index contributed by atoms with van der Waals surface area (Å²) in [5, 5.41) is 14.5. The van der Waals surface area contributed by atoms with Gasteiger partial charge in [-0.05, 0) is 18.2 Å². The van der Waals surface area contributed by atoms with E-state index in [1.54, 1.807) is 6.07 Å². The summed E-state index contributed by atoms with van der Waals surface area (Å²) < 4.78 is 13.1. The van der Waals surface area contributed by atoms with Crippen molar-refractivity contribution < 1.29 is 14.3 Å². The SMILES string of the molecule is CC(=O)O.NC(N)=NN=Cc1ccc(Cl)cc1F. The molecule has 1 rings (SSSR count). The van der Waals surface area contributed by atoms with Gasteiger partial charge in [0, 0.05) is 17.5 Å². The van der Waals surface area contributed by atoms with Gasteiger partial charge in [0.25, 0.3) is 5.97 Å². The minimum absolute atomic E-state index is 0.185. The summed E-state index contributed by atoms with van der Waals surface area (Å²) in [5.41, 5.74) is 10.3. The largest absolute Gasteiger partial charge is 0.481 e. The molecule has 0 aliphatic carbocycles. The van der Waals surface area contributed by atoms with Crippen LogP contribution in [0.3, 0.4) is 0 Å². The molecule has 0 spiro atoms. The summed E-state index contributed by atoms with van der Waals surface area (Å²) in [6.45, 7) is 1.08. The van der Waals surface area contributed by atoms with Gasteiger partial charge in [0.1, 0.15) is 5.82 Å². The molecule has 1 aromatic rings. The first-order chi connectivity index (χ1) is 8.32. The molecule has 0 aliphatic heterocycles. The van der Waals surface area contributed by atoms with E-state index in [4.69, 9.17) is 33.0 Å². The lowest BCUT2D eigenvalue weighted by Crippen LogP contribution is -2.21. The predicted octanol–water partition coefficient (Wildman–Crippen LogP) is 1.18. The van der Waals surface area contributed by atoms with Gasteiger partial charge in [0.2, 0.25) is 5.96 Å². The van der Waals surface area contributed by atoms with Crippen molar-refractivity contribution in [1.29, 1.82) is 0 Å². The Morgan fingerprint density at radius 3 is 2.50 bits per heavy atom. The second-order valence-corrected chi connectivity index (χ2v) is 3.39. The van der Waals surface area contributed by atoms with Gasteiger partial charge in [-0.25, -0.2) is 4.39 Å². The van der Waals surface area contributed by atoms with Gasteiger partial charge < -0.3 is 16.6 Å². The van der Waals surface area contributed by atoms with Crippen molar-refractivity contribution in [2.75, 3.05) is 0 Å². The summed E-state index contributed by atoms with van der Waals surface area (Å²) in [6.07, 6.45) is 1.20. The van der Waals surface area contributed by atoms with Crippen molar-refractivity contribution in [1.82, 2.24) is 0 Å². The fourth-order valence-corrected chi connectivity index (χ4v) is 0.923. The van der Waals surface area contributed by atoms with Crippen molar-refractivity contribution in [3.63, 3.8) is 0 Å². The van der Waals surface area contributed by atoms with E-state index < -0.39 is 11.8 Å². The van der Waals surface area contributed by atoms with Crippen molar-refractivity contribution in [3.8, 4) is 0 Å². The smallest absolute Gasteiger partial charge is 0.300 e. The molecule has 18 heavy (non-hydrogen) atoms. The number of carboxylic acid groups (broad SMARTS) is 1. The van der Waals surface area contributed by atoms with Crippen LogP contribution in [-0.2, 0) is 4.79 Å². The molecule has 0 atom stereocenters. The van der Waals surface area contributed by atoms with E-state index >= 15 is 0 Å². The number of carbonyl (C=O) groups is 1. The first-order valence-corrected chi connectivity index (χ1v) is 4.97. The highest BCUT2D eigenvalue weighted by Gasteiger charge is 1.98. The Balaban J connectivity index is 0.000000631. The first kappa shape index (κ1) is 15.9. The zero-order valence-corrected chi connectivity index (χ0v) is 10.2. The van der Waals surface area contributed by atoms with Crippen LogP contribution in [-0.4, -0.2) is 23.2 Å². The van der Waals surface area contributed by atoms with E-state index in [0.717, 1.165) is 6.92 Å². The van der Waals surface area contributed by atoms with E-state index in [2.05, 4.69) is 10.2 Å². The maximum absolute atomic E-state index is 13.1. The Hall–Kier alpha value is -2.15. The molecule has 0 amide bonds. The summed E-state index contributed by atoms with van der Waals surface area (Å²) >= 11 is 5.55. The number of nitrogens with two attached hydrogens (primary N) is 2. The third-order valence-corrected chi connectivity index (χ3v) is 1.57. The highest BCUT2D eigenvalue weighted by molar-refractivity contribution is 6.30. The number of guanidine groups is 1. The normalized spacial score (nSPS) is 9.50. The quantitative estimate of drug-likeness (QED) is 0.427. The van der Waals surface area contributed by atoms with Gasteiger partial charge in [0.15, 0.2) is 0 Å². The maximum atomic E-state index is 13.1. The third kappa shape index (κ3) is 8.05. The lowest BCUT2D eigenvalue weighted by Gasteiger charge is -1.95. The monoisotopic (exact) mass is 274 g/mol. The van der Waals surface area contributed by atoms with Gasteiger partial charge in [-0.3, -0.25) is 4.79 Å². The van der Waals surface area contributed by atoms with E-state index in [9.17, 15) is 4.39 Å². The van der Waals surface area contributed by atoms with Crippen molar-refractivity contribution in [3.05, 3.63) is 34.6 Å². The Labute approximate surface area is 108 Å². The molecule has 0 aromatic heterocycles. The van der Waals surface area contributed by atoms with Gasteiger partial charge in [-0.1, -0.05) is 11.6 Å². The highest BCUT2D eigenvalue weighted by Crippen LogP contribution is 2.12. The number of hydrogen-bond acceptors (Lipinski definition) is 3. The van der Waals surface area contributed by atoms with E-state index in [0.29, 0.717) is 5.02 Å². The standard InChI is InChI=1S/C8H8ClFN4.C2H4O2/c9-6-2-1-5(7(10)3-6)4-13-14-8(11)12;1-2(3)4/h1-4H,(H4,11,12,14);1H3,(H,3,4). The molecular weight excluding hydrogens is 263 g/mol. The van der Waals surface area contributed by atoms with Gasteiger partial charge >= 0.3 is 0 Å². The lowest BCUT2D eigenvalue weighted by molar-refractivity contribution is -0.134.